The van der Waals surface area contributed by atoms with E-state index >= 15 is 0 Å². The van der Waals surface area contributed by atoms with Crippen molar-refractivity contribution in [2.75, 3.05) is 18.0 Å². The molecule has 160 valence electrons. The van der Waals surface area contributed by atoms with Gasteiger partial charge in [-0.1, -0.05) is 12.1 Å². The number of amides is 1. The zero-order chi connectivity index (χ0) is 21.8. The van der Waals surface area contributed by atoms with Crippen molar-refractivity contribution >= 4 is 23.5 Å². The lowest BCUT2D eigenvalue weighted by Gasteiger charge is -2.18. The SMILES string of the molecule is Nc1ccc(-c2ccc(C(=O)NCCCn3c(=O)cc4n(c3=O)CCCS4)cc2)cn1. The lowest BCUT2D eigenvalue weighted by Crippen LogP contribution is -2.41. The molecule has 2 aromatic heterocycles. The van der Waals surface area contributed by atoms with E-state index in [1.807, 2.05) is 18.2 Å². The van der Waals surface area contributed by atoms with Gasteiger partial charge in [0.15, 0.2) is 0 Å². The van der Waals surface area contributed by atoms with Crippen molar-refractivity contribution in [3.8, 4) is 11.1 Å². The summed E-state index contributed by atoms with van der Waals surface area (Å²) in [6, 6.07) is 12.3. The fourth-order valence-corrected chi connectivity index (χ4v) is 4.45. The molecule has 0 bridgehead atoms. The van der Waals surface area contributed by atoms with Crippen LogP contribution in [0.3, 0.4) is 0 Å². The molecule has 31 heavy (non-hydrogen) atoms. The first-order valence-corrected chi connectivity index (χ1v) is 11.1. The molecule has 8 nitrogen and oxygen atoms in total. The second-order valence-electron chi connectivity index (χ2n) is 7.27. The zero-order valence-electron chi connectivity index (χ0n) is 16.9. The molecule has 0 aliphatic carbocycles. The van der Waals surface area contributed by atoms with Gasteiger partial charge in [0.25, 0.3) is 11.5 Å². The Bertz CT molecular complexity index is 1200. The zero-order valence-corrected chi connectivity index (χ0v) is 17.7. The molecule has 0 unspecified atom stereocenters. The summed E-state index contributed by atoms with van der Waals surface area (Å²) < 4.78 is 2.91. The van der Waals surface area contributed by atoms with Crippen LogP contribution in [0.1, 0.15) is 23.2 Å². The number of nitrogen functional groups attached to an aromatic ring is 1. The van der Waals surface area contributed by atoms with Gasteiger partial charge >= 0.3 is 5.69 Å². The average Bonchev–Trinajstić information content (AvgIpc) is 2.79. The predicted octanol–water partition coefficient (Wildman–Crippen LogP) is 1.97. The first-order chi connectivity index (χ1) is 15.0. The van der Waals surface area contributed by atoms with E-state index in [2.05, 4.69) is 10.3 Å². The Morgan fingerprint density at radius 1 is 1.13 bits per heavy atom. The standard InChI is InChI=1S/C22H23N5O3S/c23-18-8-7-17(14-25-18)15-3-5-16(6-4-15)21(29)24-9-1-10-26-19(28)13-20-27(22(26)30)11-2-12-31-20/h3-8,13-14H,1-2,9-12H2,(H2,23,25)(H,24,29). The minimum atomic E-state index is -0.287. The fraction of sp³-hybridized carbons (Fsp3) is 0.273. The van der Waals surface area contributed by atoms with Gasteiger partial charge < -0.3 is 11.1 Å². The Hall–Kier alpha value is -3.33. The number of thioether (sulfide) groups is 1. The van der Waals surface area contributed by atoms with Gasteiger partial charge in [-0.25, -0.2) is 9.78 Å². The molecule has 1 aromatic carbocycles. The molecule has 0 saturated carbocycles. The van der Waals surface area contributed by atoms with Crippen LogP contribution in [-0.4, -0.2) is 32.3 Å². The van der Waals surface area contributed by atoms with Crippen molar-refractivity contribution in [3.05, 3.63) is 75.1 Å². The van der Waals surface area contributed by atoms with Gasteiger partial charge in [0.05, 0.1) is 5.03 Å². The predicted molar refractivity (Wildman–Crippen MR) is 121 cm³/mol. The number of nitrogens with zero attached hydrogens (tertiary/aromatic N) is 3. The summed E-state index contributed by atoms with van der Waals surface area (Å²) in [5.74, 6) is 1.18. The Labute approximate surface area is 183 Å². The molecule has 1 aliphatic rings. The van der Waals surface area contributed by atoms with Crippen molar-refractivity contribution in [3.63, 3.8) is 0 Å². The van der Waals surface area contributed by atoms with Gasteiger partial charge in [-0.15, -0.1) is 11.8 Å². The molecule has 0 atom stereocenters. The van der Waals surface area contributed by atoms with Gasteiger partial charge in [-0.05, 0) is 42.7 Å². The van der Waals surface area contributed by atoms with Crippen molar-refractivity contribution in [2.45, 2.75) is 31.0 Å². The van der Waals surface area contributed by atoms with Crippen molar-refractivity contribution in [1.29, 1.82) is 0 Å². The molecule has 3 N–H and O–H groups in total. The van der Waals surface area contributed by atoms with E-state index in [-0.39, 0.29) is 23.7 Å². The van der Waals surface area contributed by atoms with E-state index in [1.165, 1.54) is 22.4 Å². The van der Waals surface area contributed by atoms with Crippen LogP contribution in [0.4, 0.5) is 5.82 Å². The maximum absolute atomic E-state index is 12.6. The Morgan fingerprint density at radius 3 is 2.65 bits per heavy atom. The van der Waals surface area contributed by atoms with Gasteiger partial charge in [0, 0.05) is 48.8 Å². The Morgan fingerprint density at radius 2 is 1.90 bits per heavy atom. The number of carbonyl (C=O) groups is 1. The second kappa shape index (κ2) is 9.22. The van der Waals surface area contributed by atoms with E-state index in [9.17, 15) is 14.4 Å². The summed E-state index contributed by atoms with van der Waals surface area (Å²) in [6.07, 6.45) is 3.09. The number of hydrogen-bond donors (Lipinski definition) is 2. The molecular formula is C22H23N5O3S. The summed E-state index contributed by atoms with van der Waals surface area (Å²) in [5, 5.41) is 3.58. The molecule has 3 heterocycles. The molecule has 1 aliphatic heterocycles. The van der Waals surface area contributed by atoms with E-state index in [1.54, 1.807) is 29.0 Å². The van der Waals surface area contributed by atoms with Gasteiger partial charge in [-0.3, -0.25) is 18.7 Å². The monoisotopic (exact) mass is 437 g/mol. The number of aromatic nitrogens is 3. The summed E-state index contributed by atoms with van der Waals surface area (Å²) in [4.78, 5) is 41.3. The lowest BCUT2D eigenvalue weighted by atomic mass is 10.1. The topological polar surface area (TPSA) is 112 Å². The highest BCUT2D eigenvalue weighted by atomic mass is 32.2. The number of nitrogens with two attached hydrogens (primary N) is 1. The summed E-state index contributed by atoms with van der Waals surface area (Å²) in [7, 11) is 0. The van der Waals surface area contributed by atoms with Crippen LogP contribution in [0.15, 0.2) is 63.3 Å². The number of anilines is 1. The molecule has 0 radical (unpaired) electrons. The smallest absolute Gasteiger partial charge is 0.331 e. The molecular weight excluding hydrogens is 414 g/mol. The van der Waals surface area contributed by atoms with Crippen LogP contribution < -0.4 is 22.3 Å². The average molecular weight is 438 g/mol. The van der Waals surface area contributed by atoms with Crippen LogP contribution in [0, 0.1) is 0 Å². The van der Waals surface area contributed by atoms with Crippen molar-refractivity contribution < 1.29 is 4.79 Å². The van der Waals surface area contributed by atoms with E-state index < -0.39 is 0 Å². The van der Waals surface area contributed by atoms with Crippen LogP contribution in [0.5, 0.6) is 0 Å². The minimum absolute atomic E-state index is 0.201. The summed E-state index contributed by atoms with van der Waals surface area (Å²) >= 11 is 1.54. The van der Waals surface area contributed by atoms with Gasteiger partial charge in [-0.2, -0.15) is 0 Å². The highest BCUT2D eigenvalue weighted by Gasteiger charge is 2.15. The fourth-order valence-electron chi connectivity index (χ4n) is 3.46. The highest BCUT2D eigenvalue weighted by molar-refractivity contribution is 7.99. The Balaban J connectivity index is 1.33. The first kappa shape index (κ1) is 20.9. The van der Waals surface area contributed by atoms with Gasteiger partial charge in [0.1, 0.15) is 5.82 Å². The molecule has 0 spiro atoms. The maximum atomic E-state index is 12.6. The third-order valence-electron chi connectivity index (χ3n) is 5.13. The van der Waals surface area contributed by atoms with Crippen LogP contribution in [0.25, 0.3) is 11.1 Å². The van der Waals surface area contributed by atoms with E-state index in [4.69, 9.17) is 5.73 Å². The summed E-state index contributed by atoms with van der Waals surface area (Å²) in [5.41, 5.74) is 7.45. The van der Waals surface area contributed by atoms with E-state index in [0.717, 1.165) is 28.3 Å². The number of hydrogen-bond acceptors (Lipinski definition) is 6. The first-order valence-electron chi connectivity index (χ1n) is 10.1. The molecule has 4 rings (SSSR count). The second-order valence-corrected chi connectivity index (χ2v) is 8.38. The normalized spacial score (nSPS) is 12.9. The third kappa shape index (κ3) is 4.72. The molecule has 3 aromatic rings. The number of fused-ring (bicyclic) bond motifs is 1. The minimum Gasteiger partial charge on any atom is -0.384 e. The molecule has 0 saturated heterocycles. The van der Waals surface area contributed by atoms with Crippen molar-refractivity contribution in [1.82, 2.24) is 19.4 Å². The largest absolute Gasteiger partial charge is 0.384 e. The van der Waals surface area contributed by atoms with Crippen LogP contribution in [0.2, 0.25) is 0 Å². The highest BCUT2D eigenvalue weighted by Crippen LogP contribution is 2.21. The van der Waals surface area contributed by atoms with Crippen molar-refractivity contribution in [2.24, 2.45) is 0 Å². The molecule has 9 heteroatoms. The number of rotatable bonds is 6. The molecule has 0 fully saturated rings. The Kier molecular flexibility index (Phi) is 6.22. The number of carbonyl (C=O) groups excluding carboxylic acids is 1. The number of pyridine rings is 1. The molecule has 1 amide bonds. The number of nitrogens with one attached hydrogen (secondary N) is 1. The van der Waals surface area contributed by atoms with Gasteiger partial charge in [0.2, 0.25) is 0 Å². The maximum Gasteiger partial charge on any atom is 0.331 e. The van der Waals surface area contributed by atoms with E-state index in [0.29, 0.717) is 30.9 Å². The summed E-state index contributed by atoms with van der Waals surface area (Å²) in [6.45, 7) is 1.28. The third-order valence-corrected chi connectivity index (χ3v) is 6.25. The quantitative estimate of drug-likeness (QED) is 0.450. The lowest BCUT2D eigenvalue weighted by molar-refractivity contribution is 0.0952. The van der Waals surface area contributed by atoms with Crippen LogP contribution >= 0.6 is 11.8 Å². The number of benzene rings is 1. The van der Waals surface area contributed by atoms with Crippen LogP contribution in [-0.2, 0) is 13.1 Å².